The molecular weight excluding hydrogens is 246 g/mol. The molecule has 7 nitrogen and oxygen atoms in total. The molecule has 7 heteroatoms. The molecule has 2 rings (SSSR count). The summed E-state index contributed by atoms with van der Waals surface area (Å²) in [6.07, 6.45) is 6.39. The Morgan fingerprint density at radius 1 is 1.58 bits per heavy atom. The van der Waals surface area contributed by atoms with Crippen molar-refractivity contribution in [2.75, 3.05) is 31.1 Å². The Morgan fingerprint density at radius 2 is 2.42 bits per heavy atom. The molecule has 0 spiro atoms. The summed E-state index contributed by atoms with van der Waals surface area (Å²) in [5.41, 5.74) is 4.28. The van der Waals surface area contributed by atoms with E-state index in [1.165, 1.54) is 0 Å². The van der Waals surface area contributed by atoms with Crippen LogP contribution in [-0.2, 0) is 4.79 Å². The number of piperidine rings is 1. The number of carbonyl (C=O) groups is 1. The van der Waals surface area contributed by atoms with Gasteiger partial charge >= 0.3 is 0 Å². The number of carbonyl (C=O) groups excluding carboxylic acids is 1. The first-order chi connectivity index (χ1) is 9.13. The number of hydrogen-bond donors (Lipinski definition) is 3. The van der Waals surface area contributed by atoms with Crippen molar-refractivity contribution < 1.29 is 9.90 Å². The van der Waals surface area contributed by atoms with E-state index in [1.54, 1.807) is 18.6 Å². The third kappa shape index (κ3) is 3.62. The highest BCUT2D eigenvalue weighted by Crippen LogP contribution is 2.23. The molecule has 1 amide bonds. The summed E-state index contributed by atoms with van der Waals surface area (Å²) in [6.45, 7) is 1.39. The lowest BCUT2D eigenvalue weighted by Crippen LogP contribution is -2.55. The summed E-state index contributed by atoms with van der Waals surface area (Å²) in [6, 6.07) is 0. The van der Waals surface area contributed by atoms with Crippen molar-refractivity contribution in [2.45, 2.75) is 18.4 Å². The molecule has 0 saturated carbocycles. The van der Waals surface area contributed by atoms with Crippen LogP contribution in [0.2, 0.25) is 0 Å². The number of amides is 1. The van der Waals surface area contributed by atoms with Crippen LogP contribution in [-0.4, -0.2) is 52.8 Å². The highest BCUT2D eigenvalue weighted by molar-refractivity contribution is 5.77. The molecule has 2 heterocycles. The topological polar surface area (TPSA) is 104 Å². The predicted octanol–water partition coefficient (Wildman–Crippen LogP) is -1.12. The molecule has 1 aliphatic rings. The zero-order chi connectivity index (χ0) is 13.7. The first-order valence-corrected chi connectivity index (χ1v) is 6.33. The summed E-state index contributed by atoms with van der Waals surface area (Å²) in [5.74, 6) is 0.482. The maximum absolute atomic E-state index is 11.2. The van der Waals surface area contributed by atoms with Gasteiger partial charge in [0, 0.05) is 32.0 Å². The number of nitrogens with zero attached hydrogens (tertiary/aromatic N) is 3. The Morgan fingerprint density at radius 3 is 3.11 bits per heavy atom. The molecule has 4 N–H and O–H groups in total. The number of rotatable bonds is 4. The van der Waals surface area contributed by atoms with E-state index in [1.807, 2.05) is 4.90 Å². The molecule has 1 fully saturated rings. The molecule has 0 aromatic carbocycles. The highest BCUT2D eigenvalue weighted by Gasteiger charge is 2.34. The lowest BCUT2D eigenvalue weighted by molar-refractivity contribution is -0.121. The number of aliphatic hydroxyl groups is 1. The Balaban J connectivity index is 1.98. The number of anilines is 1. The lowest BCUT2D eigenvalue weighted by Gasteiger charge is -2.39. The molecule has 0 radical (unpaired) electrons. The van der Waals surface area contributed by atoms with E-state index in [-0.39, 0.29) is 19.0 Å². The molecule has 1 saturated heterocycles. The van der Waals surface area contributed by atoms with E-state index in [9.17, 15) is 9.90 Å². The molecule has 0 aliphatic carbocycles. The van der Waals surface area contributed by atoms with Crippen molar-refractivity contribution >= 4 is 11.7 Å². The summed E-state index contributed by atoms with van der Waals surface area (Å²) >= 11 is 0. The van der Waals surface area contributed by atoms with Crippen molar-refractivity contribution in [1.29, 1.82) is 0 Å². The van der Waals surface area contributed by atoms with E-state index in [0.717, 1.165) is 18.8 Å². The van der Waals surface area contributed by atoms with Crippen LogP contribution in [0.15, 0.2) is 18.6 Å². The number of hydrogen-bond acceptors (Lipinski definition) is 6. The van der Waals surface area contributed by atoms with Crippen LogP contribution in [0.5, 0.6) is 0 Å². The van der Waals surface area contributed by atoms with Crippen LogP contribution < -0.4 is 16.0 Å². The first-order valence-electron chi connectivity index (χ1n) is 6.33. The third-order valence-corrected chi connectivity index (χ3v) is 3.23. The van der Waals surface area contributed by atoms with Gasteiger partial charge in [0.1, 0.15) is 5.82 Å². The van der Waals surface area contributed by atoms with Crippen LogP contribution in [0, 0.1) is 0 Å². The number of aromatic nitrogens is 2. The van der Waals surface area contributed by atoms with Gasteiger partial charge in [0.05, 0.1) is 18.3 Å². The van der Waals surface area contributed by atoms with E-state index >= 15 is 0 Å². The third-order valence-electron chi connectivity index (χ3n) is 3.23. The maximum atomic E-state index is 11.2. The quantitative estimate of drug-likeness (QED) is 0.637. The Hall–Kier alpha value is -1.73. The Kier molecular flexibility index (Phi) is 4.28. The molecule has 1 aromatic rings. The Bertz CT molecular complexity index is 427. The average Bonchev–Trinajstić information content (AvgIpc) is 2.46. The standard InChI is InChI=1S/C12H19N5O2/c13-6-11(18)16-8-12(19)2-1-5-17(9-12)10-7-14-3-4-15-10/h3-4,7,19H,1-2,5-6,8-9,13H2,(H,16,18)/t12-/m0/s1. The average molecular weight is 265 g/mol. The van der Waals surface area contributed by atoms with Crippen LogP contribution in [0.1, 0.15) is 12.8 Å². The van der Waals surface area contributed by atoms with Crippen molar-refractivity contribution in [2.24, 2.45) is 5.73 Å². The van der Waals surface area contributed by atoms with Gasteiger partial charge in [-0.1, -0.05) is 0 Å². The minimum Gasteiger partial charge on any atom is -0.386 e. The minimum absolute atomic E-state index is 0.0655. The lowest BCUT2D eigenvalue weighted by atomic mass is 9.92. The molecule has 0 unspecified atom stereocenters. The monoisotopic (exact) mass is 265 g/mol. The predicted molar refractivity (Wildman–Crippen MR) is 70.5 cm³/mol. The summed E-state index contributed by atoms with van der Waals surface area (Å²) in [7, 11) is 0. The zero-order valence-corrected chi connectivity index (χ0v) is 10.7. The van der Waals surface area contributed by atoms with Crippen molar-refractivity contribution in [3.05, 3.63) is 18.6 Å². The van der Waals surface area contributed by atoms with Gasteiger partial charge in [-0.25, -0.2) is 4.98 Å². The van der Waals surface area contributed by atoms with E-state index in [4.69, 9.17) is 5.73 Å². The number of nitrogens with one attached hydrogen (secondary N) is 1. The zero-order valence-electron chi connectivity index (χ0n) is 10.7. The summed E-state index contributed by atoms with van der Waals surface area (Å²) < 4.78 is 0. The van der Waals surface area contributed by atoms with Crippen LogP contribution in [0.25, 0.3) is 0 Å². The molecule has 19 heavy (non-hydrogen) atoms. The fourth-order valence-electron chi connectivity index (χ4n) is 2.24. The van der Waals surface area contributed by atoms with Crippen LogP contribution in [0.4, 0.5) is 5.82 Å². The Labute approximate surface area is 111 Å². The fraction of sp³-hybridized carbons (Fsp3) is 0.583. The van der Waals surface area contributed by atoms with Gasteiger partial charge < -0.3 is 21.1 Å². The minimum atomic E-state index is -0.944. The highest BCUT2D eigenvalue weighted by atomic mass is 16.3. The second-order valence-electron chi connectivity index (χ2n) is 4.79. The SMILES string of the molecule is NCC(=O)NC[C@@]1(O)CCCN(c2cnccn2)C1. The van der Waals surface area contributed by atoms with E-state index in [0.29, 0.717) is 13.0 Å². The van der Waals surface area contributed by atoms with E-state index < -0.39 is 5.60 Å². The van der Waals surface area contributed by atoms with Crippen molar-refractivity contribution in [1.82, 2.24) is 15.3 Å². The van der Waals surface area contributed by atoms with E-state index in [2.05, 4.69) is 15.3 Å². The number of β-amino-alcohol motifs (C(OH)–C–C–N with tert-alkyl or cyclic N) is 1. The first kappa shape index (κ1) is 13.7. The molecule has 104 valence electrons. The molecule has 1 aliphatic heterocycles. The number of nitrogens with two attached hydrogens (primary N) is 1. The molecule has 1 aromatic heterocycles. The normalized spacial score (nSPS) is 23.2. The van der Waals surface area contributed by atoms with Gasteiger partial charge in [0.15, 0.2) is 0 Å². The molecule has 1 atom stereocenters. The fourth-order valence-corrected chi connectivity index (χ4v) is 2.24. The van der Waals surface area contributed by atoms with Crippen molar-refractivity contribution in [3.8, 4) is 0 Å². The maximum Gasteiger partial charge on any atom is 0.233 e. The smallest absolute Gasteiger partial charge is 0.233 e. The van der Waals surface area contributed by atoms with Gasteiger partial charge in [-0.3, -0.25) is 9.78 Å². The van der Waals surface area contributed by atoms with Crippen molar-refractivity contribution in [3.63, 3.8) is 0 Å². The van der Waals surface area contributed by atoms with Crippen LogP contribution >= 0.6 is 0 Å². The van der Waals surface area contributed by atoms with Gasteiger partial charge in [0.2, 0.25) is 5.91 Å². The largest absolute Gasteiger partial charge is 0.386 e. The second kappa shape index (κ2) is 5.94. The molecular formula is C12H19N5O2. The summed E-state index contributed by atoms with van der Waals surface area (Å²) in [5, 5.41) is 13.1. The van der Waals surface area contributed by atoms with Gasteiger partial charge in [0.25, 0.3) is 0 Å². The van der Waals surface area contributed by atoms with Gasteiger partial charge in [-0.2, -0.15) is 0 Å². The molecule has 0 bridgehead atoms. The second-order valence-corrected chi connectivity index (χ2v) is 4.79. The van der Waals surface area contributed by atoms with Gasteiger partial charge in [-0.05, 0) is 12.8 Å². The van der Waals surface area contributed by atoms with Crippen LogP contribution in [0.3, 0.4) is 0 Å². The van der Waals surface area contributed by atoms with Gasteiger partial charge in [-0.15, -0.1) is 0 Å². The summed E-state index contributed by atoms with van der Waals surface area (Å²) in [4.78, 5) is 21.4.